The van der Waals surface area contributed by atoms with Crippen LogP contribution in [-0.4, -0.2) is 23.0 Å². The molecule has 0 bridgehead atoms. The summed E-state index contributed by atoms with van der Waals surface area (Å²) < 4.78 is 0. The van der Waals surface area contributed by atoms with E-state index in [0.717, 1.165) is 38.9 Å². The van der Waals surface area contributed by atoms with E-state index in [2.05, 4.69) is 232 Å². The highest BCUT2D eigenvalue weighted by Gasteiger charge is 2.51. The molecule has 10 aromatic rings. The van der Waals surface area contributed by atoms with E-state index in [0.29, 0.717) is 17.5 Å². The molecule has 0 amide bonds. The Morgan fingerprint density at radius 2 is 0.631 bits per heavy atom. The van der Waals surface area contributed by atoms with Crippen molar-refractivity contribution in [3.05, 3.63) is 241 Å². The average molecular weight is 848 g/mol. The Kier molecular flexibility index (Phi) is 9.08. The van der Waals surface area contributed by atoms with Gasteiger partial charge in [-0.2, -0.15) is 0 Å². The van der Waals surface area contributed by atoms with Crippen LogP contribution in [0.25, 0.3) is 89.8 Å². The van der Waals surface area contributed by atoms with Gasteiger partial charge < -0.3 is 0 Å². The molecule has 0 radical (unpaired) electrons. The maximum absolute atomic E-state index is 5.19. The molecule has 65 heavy (non-hydrogen) atoms. The fourth-order valence-electron chi connectivity index (χ4n) is 10.3. The highest BCUT2D eigenvalue weighted by atomic mass is 28.3. The van der Waals surface area contributed by atoms with Gasteiger partial charge >= 0.3 is 0 Å². The van der Waals surface area contributed by atoms with Crippen LogP contribution in [0.5, 0.6) is 0 Å². The highest BCUT2D eigenvalue weighted by Crippen LogP contribution is 2.63. The molecular weight excluding hydrogens is 803 g/mol. The van der Waals surface area contributed by atoms with E-state index in [1.54, 1.807) is 0 Å². The van der Waals surface area contributed by atoms with Crippen molar-refractivity contribution in [2.45, 2.75) is 25.1 Å². The van der Waals surface area contributed by atoms with Crippen molar-refractivity contribution in [1.82, 2.24) is 15.0 Å². The van der Waals surface area contributed by atoms with Crippen molar-refractivity contribution in [2.24, 2.45) is 0 Å². The third-order valence-corrected chi connectivity index (χ3v) is 15.6. The molecule has 308 valence electrons. The molecule has 0 N–H and O–H groups in total. The van der Waals surface area contributed by atoms with Gasteiger partial charge in [0.2, 0.25) is 0 Å². The second kappa shape index (κ2) is 15.2. The number of nitrogens with zero attached hydrogens (tertiary/aromatic N) is 3. The maximum Gasteiger partial charge on any atom is 0.164 e. The number of rotatable bonds is 7. The summed E-state index contributed by atoms with van der Waals surface area (Å²) in [4.78, 5) is 15.5. The van der Waals surface area contributed by atoms with Crippen LogP contribution in [0.2, 0.25) is 19.6 Å². The molecule has 3 nitrogen and oxygen atoms in total. The van der Waals surface area contributed by atoms with Crippen LogP contribution in [-0.2, 0) is 5.41 Å². The van der Waals surface area contributed by atoms with Gasteiger partial charge in [-0.25, -0.2) is 15.0 Å². The summed E-state index contributed by atoms with van der Waals surface area (Å²) in [6.07, 6.45) is 0. The lowest BCUT2D eigenvalue weighted by molar-refractivity contribution is 0.794. The first kappa shape index (κ1) is 38.8. The summed E-state index contributed by atoms with van der Waals surface area (Å²) in [5.41, 5.74) is 20.0. The van der Waals surface area contributed by atoms with Gasteiger partial charge in [0.15, 0.2) is 17.5 Å². The lowest BCUT2D eigenvalue weighted by Crippen LogP contribution is -2.37. The van der Waals surface area contributed by atoms with Gasteiger partial charge in [0, 0.05) is 16.7 Å². The van der Waals surface area contributed by atoms with Gasteiger partial charge in [0.25, 0.3) is 0 Å². The molecule has 0 aliphatic heterocycles. The number of fused-ring (bicyclic) bond motifs is 10. The Morgan fingerprint density at radius 3 is 1.12 bits per heavy atom. The van der Waals surface area contributed by atoms with Crippen molar-refractivity contribution in [1.29, 1.82) is 0 Å². The summed E-state index contributed by atoms with van der Waals surface area (Å²) in [6.45, 7) is 7.12. The standard InChI is InChI=1S/C61H45N3Si/c1-65(2,3)49-33-30-41(31-34-49)58-62-59(47-22-14-18-42(37-47)40-16-5-4-6-17-40)64-60(63-58)48-23-15-21-45(38-48)43-19-13-20-44(36-43)46-32-35-53-52-26-9-12-29-56(52)61(57(53)39-46)54-27-10-7-24-50(54)51-25-8-11-28-55(51)61/h4-39H,1-3H3. The van der Waals surface area contributed by atoms with Crippen LogP contribution in [0.3, 0.4) is 0 Å². The topological polar surface area (TPSA) is 38.7 Å². The summed E-state index contributed by atoms with van der Waals surface area (Å²) >= 11 is 0. The predicted molar refractivity (Wildman–Crippen MR) is 272 cm³/mol. The molecule has 2 aliphatic carbocycles. The van der Waals surface area contributed by atoms with Crippen molar-refractivity contribution in [3.8, 4) is 89.8 Å². The summed E-state index contributed by atoms with van der Waals surface area (Å²) in [7, 11) is -1.49. The van der Waals surface area contributed by atoms with Gasteiger partial charge in [-0.15, -0.1) is 0 Å². The SMILES string of the molecule is C[Si](C)(C)c1ccc(-c2nc(-c3cccc(-c4ccccc4)c3)nc(-c3cccc(-c4cccc(-c5ccc6c(c5)C5(c7ccccc7-c7ccccc75)c5ccccc5-6)c4)c3)n2)cc1. The van der Waals surface area contributed by atoms with Gasteiger partial charge in [-0.05, 0) is 102 Å². The zero-order valence-corrected chi connectivity index (χ0v) is 37.6. The second-order valence-electron chi connectivity index (χ2n) is 18.4. The Morgan fingerprint density at radius 1 is 0.277 bits per heavy atom. The lowest BCUT2D eigenvalue weighted by atomic mass is 9.70. The minimum atomic E-state index is -1.49. The van der Waals surface area contributed by atoms with Crippen LogP contribution >= 0.6 is 0 Å². The first-order valence-corrected chi connectivity index (χ1v) is 26.0. The normalized spacial score (nSPS) is 13.0. The molecule has 1 spiro atoms. The number of benzene rings is 9. The first-order chi connectivity index (χ1) is 31.8. The zero-order chi connectivity index (χ0) is 43.7. The molecule has 0 unspecified atom stereocenters. The van der Waals surface area contributed by atoms with Crippen LogP contribution < -0.4 is 5.19 Å². The van der Waals surface area contributed by atoms with Crippen molar-refractivity contribution in [2.75, 3.05) is 0 Å². The van der Waals surface area contributed by atoms with Crippen molar-refractivity contribution in [3.63, 3.8) is 0 Å². The van der Waals surface area contributed by atoms with E-state index >= 15 is 0 Å². The monoisotopic (exact) mass is 847 g/mol. The van der Waals surface area contributed by atoms with E-state index in [9.17, 15) is 0 Å². The largest absolute Gasteiger partial charge is 0.208 e. The number of hydrogen-bond donors (Lipinski definition) is 0. The second-order valence-corrected chi connectivity index (χ2v) is 23.5. The molecule has 9 aromatic carbocycles. The van der Waals surface area contributed by atoms with Gasteiger partial charge in [0.05, 0.1) is 13.5 Å². The third kappa shape index (κ3) is 6.43. The van der Waals surface area contributed by atoms with Gasteiger partial charge in [-0.3, -0.25) is 0 Å². The van der Waals surface area contributed by atoms with E-state index in [-0.39, 0.29) is 5.41 Å². The highest BCUT2D eigenvalue weighted by molar-refractivity contribution is 6.88. The Hall–Kier alpha value is -7.79. The van der Waals surface area contributed by atoms with Crippen molar-refractivity contribution >= 4 is 13.3 Å². The van der Waals surface area contributed by atoms with Crippen LogP contribution in [0.4, 0.5) is 0 Å². The minimum Gasteiger partial charge on any atom is -0.208 e. The molecule has 0 fully saturated rings. The molecule has 0 atom stereocenters. The molecule has 0 saturated heterocycles. The average Bonchev–Trinajstić information content (AvgIpc) is 3.83. The molecule has 12 rings (SSSR count). The smallest absolute Gasteiger partial charge is 0.164 e. The molecule has 1 heterocycles. The minimum absolute atomic E-state index is 0.386. The first-order valence-electron chi connectivity index (χ1n) is 22.5. The third-order valence-electron chi connectivity index (χ3n) is 13.5. The summed E-state index contributed by atoms with van der Waals surface area (Å²) in [5.74, 6) is 1.95. The predicted octanol–water partition coefficient (Wildman–Crippen LogP) is 14.8. The number of aromatic nitrogens is 3. The fourth-order valence-corrected chi connectivity index (χ4v) is 11.5. The molecule has 2 aliphatic rings. The van der Waals surface area contributed by atoms with E-state index in [1.165, 1.54) is 60.8 Å². The lowest BCUT2D eigenvalue weighted by Gasteiger charge is -2.30. The summed E-state index contributed by atoms with van der Waals surface area (Å²) in [6, 6.07) is 79.5. The Bertz CT molecular complexity index is 3410. The maximum atomic E-state index is 5.19. The zero-order valence-electron chi connectivity index (χ0n) is 36.6. The van der Waals surface area contributed by atoms with E-state index in [4.69, 9.17) is 15.0 Å². The Labute approximate surface area is 381 Å². The van der Waals surface area contributed by atoms with E-state index < -0.39 is 8.07 Å². The van der Waals surface area contributed by atoms with Crippen molar-refractivity contribution < 1.29 is 0 Å². The van der Waals surface area contributed by atoms with E-state index in [1.807, 2.05) is 6.07 Å². The quantitative estimate of drug-likeness (QED) is 0.150. The van der Waals surface area contributed by atoms with Crippen LogP contribution in [0.15, 0.2) is 218 Å². The van der Waals surface area contributed by atoms with Gasteiger partial charge in [-0.1, -0.05) is 219 Å². The molecular formula is C61H45N3Si. The summed E-state index contributed by atoms with van der Waals surface area (Å²) in [5, 5.41) is 1.40. The Balaban J connectivity index is 0.952. The van der Waals surface area contributed by atoms with Crippen LogP contribution in [0.1, 0.15) is 22.3 Å². The number of hydrogen-bond acceptors (Lipinski definition) is 3. The van der Waals surface area contributed by atoms with Crippen LogP contribution in [0, 0.1) is 0 Å². The van der Waals surface area contributed by atoms with Gasteiger partial charge in [0.1, 0.15) is 0 Å². The fraction of sp³-hybridized carbons (Fsp3) is 0.0656. The molecule has 4 heteroatoms. The molecule has 0 saturated carbocycles. The molecule has 1 aromatic heterocycles.